The van der Waals surface area contributed by atoms with E-state index in [1.807, 2.05) is 0 Å². The number of nitrogens with one attached hydrogen (secondary N) is 1. The van der Waals surface area contributed by atoms with E-state index in [2.05, 4.69) is 0 Å². The second-order valence-corrected chi connectivity index (χ2v) is 5.35. The van der Waals surface area contributed by atoms with Crippen molar-refractivity contribution in [2.24, 2.45) is 0 Å². The molecule has 0 saturated carbocycles. The van der Waals surface area contributed by atoms with Crippen LogP contribution in [0.5, 0.6) is 0 Å². The van der Waals surface area contributed by atoms with Gasteiger partial charge in [0.2, 0.25) is 10.0 Å². The highest BCUT2D eigenvalue weighted by Gasteiger charge is 2.41. The summed E-state index contributed by atoms with van der Waals surface area (Å²) < 4.78 is 86.8. The minimum absolute atomic E-state index is 0.796. The molecule has 1 aromatic carbocycles. The fourth-order valence-corrected chi connectivity index (χ4v) is 2.39. The van der Waals surface area contributed by atoms with E-state index < -0.39 is 45.2 Å². The van der Waals surface area contributed by atoms with E-state index in [0.717, 1.165) is 18.2 Å². The first-order valence-electron chi connectivity index (χ1n) is 4.96. The van der Waals surface area contributed by atoms with Gasteiger partial charge >= 0.3 is 12.3 Å². The van der Waals surface area contributed by atoms with Gasteiger partial charge in [0.15, 0.2) is 0 Å². The van der Waals surface area contributed by atoms with Crippen LogP contribution in [0.15, 0.2) is 23.1 Å². The van der Waals surface area contributed by atoms with Gasteiger partial charge in [-0.15, -0.1) is 0 Å². The monoisotopic (exact) mass is 314 g/mol. The Morgan fingerprint density at radius 1 is 1.35 bits per heavy atom. The van der Waals surface area contributed by atoms with Crippen molar-refractivity contribution in [2.45, 2.75) is 17.2 Å². The first kappa shape index (κ1) is 16.3. The third kappa shape index (κ3) is 3.43. The summed E-state index contributed by atoms with van der Waals surface area (Å²) in [5.41, 5.74) is -0.889. The van der Waals surface area contributed by atoms with Crippen molar-refractivity contribution >= 4 is 10.0 Å². The Morgan fingerprint density at radius 3 is 2.45 bits per heavy atom. The van der Waals surface area contributed by atoms with E-state index in [1.54, 1.807) is 0 Å². The number of alkyl halides is 4. The molecule has 1 rings (SSSR count). The van der Waals surface area contributed by atoms with Crippen molar-refractivity contribution in [3.8, 4) is 6.07 Å². The van der Waals surface area contributed by atoms with E-state index >= 15 is 0 Å². The van der Waals surface area contributed by atoms with E-state index in [0.29, 0.717) is 0 Å². The van der Waals surface area contributed by atoms with Gasteiger partial charge in [-0.1, -0.05) is 6.07 Å². The minimum atomic E-state index is -4.72. The first-order valence-corrected chi connectivity index (χ1v) is 6.44. The highest BCUT2D eigenvalue weighted by atomic mass is 32.2. The fourth-order valence-electron chi connectivity index (χ4n) is 1.18. The average molecular weight is 314 g/mol. The molecule has 0 aliphatic carbocycles. The lowest BCUT2D eigenvalue weighted by Gasteiger charge is -2.16. The molecule has 10 heteroatoms. The fraction of sp³-hybridized carbons (Fsp3) is 0.300. The summed E-state index contributed by atoms with van der Waals surface area (Å²) in [5.74, 6) is -5.75. The maximum absolute atomic E-state index is 13.2. The molecule has 4 nitrogen and oxygen atoms in total. The van der Waals surface area contributed by atoms with Crippen LogP contribution in [0, 0.1) is 17.1 Å². The Labute approximate surface area is 110 Å². The van der Waals surface area contributed by atoms with Crippen LogP contribution in [0.1, 0.15) is 5.56 Å². The van der Waals surface area contributed by atoms with E-state index in [4.69, 9.17) is 5.26 Å². The zero-order valence-electron chi connectivity index (χ0n) is 9.58. The van der Waals surface area contributed by atoms with Crippen LogP contribution in [0.4, 0.5) is 22.0 Å². The Balaban J connectivity index is 3.09. The Hall–Kier alpha value is -1.73. The third-order valence-corrected chi connectivity index (χ3v) is 3.64. The quantitative estimate of drug-likeness (QED) is 0.844. The number of hydrogen-bond donors (Lipinski definition) is 1. The van der Waals surface area contributed by atoms with Crippen LogP contribution in [-0.2, 0) is 10.0 Å². The maximum atomic E-state index is 13.2. The molecule has 20 heavy (non-hydrogen) atoms. The van der Waals surface area contributed by atoms with Gasteiger partial charge in [-0.05, 0) is 12.1 Å². The molecule has 0 saturated heterocycles. The topological polar surface area (TPSA) is 70.0 Å². The van der Waals surface area contributed by atoms with Crippen LogP contribution in [0.25, 0.3) is 0 Å². The molecule has 0 bridgehead atoms. The molecule has 0 radical (unpaired) electrons. The highest BCUT2D eigenvalue weighted by Crippen LogP contribution is 2.23. The molecular weight excluding hydrogens is 307 g/mol. The molecule has 0 fully saturated rings. The lowest BCUT2D eigenvalue weighted by atomic mass is 10.2. The molecule has 1 N–H and O–H groups in total. The van der Waals surface area contributed by atoms with Gasteiger partial charge in [-0.2, -0.15) is 14.0 Å². The van der Waals surface area contributed by atoms with E-state index in [-0.39, 0.29) is 0 Å². The number of nitriles is 1. The van der Waals surface area contributed by atoms with Crippen LogP contribution in [0.3, 0.4) is 0 Å². The standard InChI is InChI=1S/C10H7F5N2O2S/c11-7-2-1-3-8(6(7)4-16)20(18,19)17-5-10(14,15)9(12)13/h1-3,9,17H,5H2. The Bertz CT molecular complexity index is 640. The summed E-state index contributed by atoms with van der Waals surface area (Å²) in [6.45, 7) is -1.87. The molecule has 110 valence electrons. The molecule has 0 heterocycles. The van der Waals surface area contributed by atoms with Gasteiger partial charge < -0.3 is 0 Å². The summed E-state index contributed by atoms with van der Waals surface area (Å²) in [4.78, 5) is -0.898. The Kier molecular flexibility index (Phi) is 4.67. The summed E-state index contributed by atoms with van der Waals surface area (Å²) >= 11 is 0. The van der Waals surface area contributed by atoms with Crippen LogP contribution in [-0.4, -0.2) is 27.3 Å². The second-order valence-electron chi connectivity index (χ2n) is 3.61. The zero-order valence-corrected chi connectivity index (χ0v) is 10.4. The molecule has 0 atom stereocenters. The molecular formula is C10H7F5N2O2S. The predicted molar refractivity (Wildman–Crippen MR) is 57.3 cm³/mol. The summed E-state index contributed by atoms with van der Waals surface area (Å²) in [6.07, 6.45) is -4.06. The first-order chi connectivity index (χ1) is 9.12. The van der Waals surface area contributed by atoms with Gasteiger partial charge in [0.25, 0.3) is 0 Å². The molecule has 0 aromatic heterocycles. The summed E-state index contributed by atoms with van der Waals surface area (Å²) in [7, 11) is -4.72. The Morgan fingerprint density at radius 2 is 1.95 bits per heavy atom. The van der Waals surface area contributed by atoms with Gasteiger partial charge in [0.05, 0.1) is 6.54 Å². The molecule has 0 aliphatic heterocycles. The van der Waals surface area contributed by atoms with Crippen molar-refractivity contribution in [3.63, 3.8) is 0 Å². The smallest absolute Gasteiger partial charge is 0.207 e. The number of nitrogens with zero attached hydrogens (tertiary/aromatic N) is 1. The lowest BCUT2D eigenvalue weighted by molar-refractivity contribution is -0.122. The van der Waals surface area contributed by atoms with Gasteiger partial charge in [-0.3, -0.25) is 0 Å². The maximum Gasteiger partial charge on any atom is 0.320 e. The van der Waals surface area contributed by atoms with Gasteiger partial charge in [0.1, 0.15) is 22.3 Å². The largest absolute Gasteiger partial charge is 0.320 e. The number of hydrogen-bond acceptors (Lipinski definition) is 3. The van der Waals surface area contributed by atoms with Crippen molar-refractivity contribution in [1.82, 2.24) is 4.72 Å². The normalized spacial score (nSPS) is 12.4. The summed E-state index contributed by atoms with van der Waals surface area (Å²) in [6, 6.07) is 3.79. The summed E-state index contributed by atoms with van der Waals surface area (Å²) in [5, 5.41) is 8.63. The molecule has 0 amide bonds. The average Bonchev–Trinajstić information content (AvgIpc) is 2.36. The predicted octanol–water partition coefficient (Wildman–Crippen LogP) is 1.88. The second kappa shape index (κ2) is 5.72. The third-order valence-electron chi connectivity index (χ3n) is 2.19. The van der Waals surface area contributed by atoms with Crippen LogP contribution >= 0.6 is 0 Å². The highest BCUT2D eigenvalue weighted by molar-refractivity contribution is 7.89. The van der Waals surface area contributed by atoms with Crippen LogP contribution in [0.2, 0.25) is 0 Å². The molecule has 0 spiro atoms. The molecule has 0 aliphatic rings. The van der Waals surface area contributed by atoms with Crippen molar-refractivity contribution in [3.05, 3.63) is 29.6 Å². The van der Waals surface area contributed by atoms with Crippen molar-refractivity contribution < 1.29 is 30.4 Å². The minimum Gasteiger partial charge on any atom is -0.207 e. The lowest BCUT2D eigenvalue weighted by Crippen LogP contribution is -2.41. The van der Waals surface area contributed by atoms with E-state index in [1.165, 1.54) is 10.8 Å². The van der Waals surface area contributed by atoms with E-state index in [9.17, 15) is 30.4 Å². The van der Waals surface area contributed by atoms with Gasteiger partial charge in [0, 0.05) is 0 Å². The van der Waals surface area contributed by atoms with Gasteiger partial charge in [-0.25, -0.2) is 26.3 Å². The molecule has 0 unspecified atom stereocenters. The van der Waals surface area contributed by atoms with Crippen molar-refractivity contribution in [1.29, 1.82) is 5.26 Å². The van der Waals surface area contributed by atoms with Crippen LogP contribution < -0.4 is 4.72 Å². The number of sulfonamides is 1. The SMILES string of the molecule is N#Cc1c(F)cccc1S(=O)(=O)NCC(F)(F)C(F)F. The zero-order chi connectivity index (χ0) is 15.6. The number of halogens is 5. The number of benzene rings is 1. The molecule has 1 aromatic rings. The number of rotatable bonds is 5. The van der Waals surface area contributed by atoms with Crippen molar-refractivity contribution in [2.75, 3.05) is 6.54 Å².